The van der Waals surface area contributed by atoms with E-state index in [1.165, 1.54) is 58.0 Å². The van der Waals surface area contributed by atoms with Crippen LogP contribution < -0.4 is 0 Å². The molecular weight excluding hydrogens is 236 g/mol. The van der Waals surface area contributed by atoms with Crippen molar-refractivity contribution in [3.8, 4) is 0 Å². The Kier molecular flexibility index (Phi) is 4.57. The molecule has 0 aromatic carbocycles. The molecule has 3 nitrogen and oxygen atoms in total. The van der Waals surface area contributed by atoms with E-state index < -0.39 is 0 Å². The van der Waals surface area contributed by atoms with E-state index >= 15 is 0 Å². The van der Waals surface area contributed by atoms with Gasteiger partial charge in [-0.2, -0.15) is 0 Å². The van der Waals surface area contributed by atoms with Crippen LogP contribution in [0.3, 0.4) is 0 Å². The number of rotatable bonds is 3. The molecule has 1 N–H and O–H groups in total. The molecule has 0 bridgehead atoms. The normalized spacial score (nSPS) is 34.5. The maximum absolute atomic E-state index is 10.3. The molecule has 0 spiro atoms. The predicted octanol–water partition coefficient (Wildman–Crippen LogP) is 2.02. The Bertz CT molecular complexity index is 323. The Hall–Kier alpha value is -0.380. The van der Waals surface area contributed by atoms with Crippen molar-refractivity contribution in [2.24, 2.45) is 0 Å². The highest BCUT2D eigenvalue weighted by molar-refractivity contribution is 5.08. The van der Waals surface area contributed by atoms with Crippen molar-refractivity contribution in [1.82, 2.24) is 9.80 Å². The van der Waals surface area contributed by atoms with Gasteiger partial charge in [-0.25, -0.2) is 0 Å². The van der Waals surface area contributed by atoms with E-state index in [9.17, 15) is 5.11 Å². The Balaban J connectivity index is 1.53. The molecule has 2 atom stereocenters. The highest BCUT2D eigenvalue weighted by atomic mass is 16.3. The van der Waals surface area contributed by atoms with Gasteiger partial charge in [-0.3, -0.25) is 9.80 Å². The molecule has 0 aromatic rings. The van der Waals surface area contributed by atoms with Gasteiger partial charge in [-0.15, -0.1) is 0 Å². The van der Waals surface area contributed by atoms with Crippen LogP contribution in [0.2, 0.25) is 0 Å². The Labute approximate surface area is 117 Å². The fraction of sp³-hybridized carbons (Fsp3) is 0.875. The first kappa shape index (κ1) is 13.6. The zero-order valence-electron chi connectivity index (χ0n) is 12.1. The number of aliphatic hydroxyl groups is 1. The lowest BCUT2D eigenvalue weighted by atomic mass is 9.99. The molecule has 2 fully saturated rings. The third-order valence-electron chi connectivity index (χ3n) is 5.01. The Morgan fingerprint density at radius 1 is 1.05 bits per heavy atom. The minimum atomic E-state index is -0.137. The van der Waals surface area contributed by atoms with Gasteiger partial charge in [0.25, 0.3) is 0 Å². The molecular formula is C16H28N2O. The third kappa shape index (κ3) is 3.39. The second-order valence-corrected chi connectivity index (χ2v) is 6.53. The summed E-state index contributed by atoms with van der Waals surface area (Å²) in [5, 5.41) is 10.3. The van der Waals surface area contributed by atoms with E-state index in [-0.39, 0.29) is 6.10 Å². The summed E-state index contributed by atoms with van der Waals surface area (Å²) in [5.74, 6) is 0. The van der Waals surface area contributed by atoms with Crippen LogP contribution in [0.25, 0.3) is 0 Å². The quantitative estimate of drug-likeness (QED) is 0.790. The molecule has 3 heteroatoms. The van der Waals surface area contributed by atoms with Crippen molar-refractivity contribution >= 4 is 0 Å². The second-order valence-electron chi connectivity index (χ2n) is 6.53. The summed E-state index contributed by atoms with van der Waals surface area (Å²) in [7, 11) is 0. The van der Waals surface area contributed by atoms with Gasteiger partial charge in [0.15, 0.2) is 0 Å². The summed E-state index contributed by atoms with van der Waals surface area (Å²) in [6.07, 6.45) is 11.6. The lowest BCUT2D eigenvalue weighted by molar-refractivity contribution is 0.0706. The van der Waals surface area contributed by atoms with Crippen molar-refractivity contribution in [3.05, 3.63) is 11.6 Å². The van der Waals surface area contributed by atoms with Crippen LogP contribution in [0.4, 0.5) is 0 Å². The molecule has 0 radical (unpaired) electrons. The van der Waals surface area contributed by atoms with Crippen LogP contribution in [0.5, 0.6) is 0 Å². The summed E-state index contributed by atoms with van der Waals surface area (Å²) in [6.45, 7) is 5.43. The summed E-state index contributed by atoms with van der Waals surface area (Å²) in [4.78, 5) is 5.00. The summed E-state index contributed by atoms with van der Waals surface area (Å²) < 4.78 is 0. The molecule has 2 aliphatic heterocycles. The fourth-order valence-corrected chi connectivity index (χ4v) is 3.92. The molecule has 1 aliphatic carbocycles. The second kappa shape index (κ2) is 6.38. The first-order valence-corrected chi connectivity index (χ1v) is 8.15. The van der Waals surface area contributed by atoms with Crippen LogP contribution in [-0.4, -0.2) is 59.8 Å². The average molecular weight is 264 g/mol. The van der Waals surface area contributed by atoms with Crippen LogP contribution in [-0.2, 0) is 0 Å². The maximum atomic E-state index is 10.3. The van der Waals surface area contributed by atoms with E-state index in [1.54, 1.807) is 5.57 Å². The molecule has 3 rings (SSSR count). The molecule has 0 aromatic heterocycles. The predicted molar refractivity (Wildman–Crippen MR) is 78.2 cm³/mol. The van der Waals surface area contributed by atoms with Crippen LogP contribution in [0.15, 0.2) is 11.6 Å². The Morgan fingerprint density at radius 2 is 1.89 bits per heavy atom. The van der Waals surface area contributed by atoms with E-state index in [4.69, 9.17) is 0 Å². The molecule has 3 aliphatic rings. The highest BCUT2D eigenvalue weighted by Crippen LogP contribution is 2.24. The SMILES string of the molecule is O[C@H]1CN(CC2=CCCCC2)C[C@@H]1N1CCCCC1. The smallest absolute Gasteiger partial charge is 0.0834 e. The van der Waals surface area contributed by atoms with Crippen molar-refractivity contribution < 1.29 is 5.11 Å². The van der Waals surface area contributed by atoms with E-state index in [0.29, 0.717) is 6.04 Å². The maximum Gasteiger partial charge on any atom is 0.0834 e. The van der Waals surface area contributed by atoms with Crippen molar-refractivity contribution in [3.63, 3.8) is 0 Å². The summed E-state index contributed by atoms with van der Waals surface area (Å²) in [6, 6.07) is 0.393. The van der Waals surface area contributed by atoms with Gasteiger partial charge < -0.3 is 5.11 Å². The van der Waals surface area contributed by atoms with Crippen molar-refractivity contribution in [2.75, 3.05) is 32.7 Å². The molecule has 0 saturated carbocycles. The zero-order valence-corrected chi connectivity index (χ0v) is 12.1. The van der Waals surface area contributed by atoms with E-state index in [2.05, 4.69) is 15.9 Å². The largest absolute Gasteiger partial charge is 0.390 e. The average Bonchev–Trinajstić information content (AvgIpc) is 2.82. The third-order valence-corrected chi connectivity index (χ3v) is 5.01. The number of hydrogen-bond donors (Lipinski definition) is 1. The van der Waals surface area contributed by atoms with Gasteiger partial charge in [0.1, 0.15) is 0 Å². The van der Waals surface area contributed by atoms with E-state index in [1.807, 2.05) is 0 Å². The van der Waals surface area contributed by atoms with Gasteiger partial charge >= 0.3 is 0 Å². The lowest BCUT2D eigenvalue weighted by Gasteiger charge is -2.33. The van der Waals surface area contributed by atoms with Crippen molar-refractivity contribution in [2.45, 2.75) is 57.1 Å². The standard InChI is InChI=1S/C16H28N2O/c19-16-13-17(11-14-7-3-1-4-8-14)12-15(16)18-9-5-2-6-10-18/h7,15-16,19H,1-6,8-13H2/t15-,16-/m0/s1. The first-order valence-electron chi connectivity index (χ1n) is 8.15. The van der Waals surface area contributed by atoms with Gasteiger partial charge in [-0.1, -0.05) is 18.1 Å². The van der Waals surface area contributed by atoms with Crippen LogP contribution in [0, 0.1) is 0 Å². The van der Waals surface area contributed by atoms with Gasteiger partial charge in [0.2, 0.25) is 0 Å². The minimum Gasteiger partial charge on any atom is -0.390 e. The first-order chi connectivity index (χ1) is 9.33. The van der Waals surface area contributed by atoms with Crippen molar-refractivity contribution in [1.29, 1.82) is 0 Å². The molecule has 2 heterocycles. The number of β-amino-alcohol motifs (C(OH)–C–C–N with tert-alkyl or cyclic N) is 1. The summed E-state index contributed by atoms with van der Waals surface area (Å²) in [5.41, 5.74) is 1.61. The monoisotopic (exact) mass is 264 g/mol. The molecule has 0 unspecified atom stereocenters. The number of aliphatic hydroxyl groups excluding tert-OH is 1. The number of hydrogen-bond acceptors (Lipinski definition) is 3. The molecule has 108 valence electrons. The number of likely N-dealkylation sites (tertiary alicyclic amines) is 2. The van der Waals surface area contributed by atoms with Crippen LogP contribution >= 0.6 is 0 Å². The number of piperidine rings is 1. The van der Waals surface area contributed by atoms with E-state index in [0.717, 1.165) is 19.6 Å². The Morgan fingerprint density at radius 3 is 2.63 bits per heavy atom. The number of allylic oxidation sites excluding steroid dienone is 1. The topological polar surface area (TPSA) is 26.7 Å². The minimum absolute atomic E-state index is 0.137. The summed E-state index contributed by atoms with van der Waals surface area (Å²) >= 11 is 0. The van der Waals surface area contributed by atoms with Gasteiger partial charge in [-0.05, 0) is 51.6 Å². The molecule has 2 saturated heterocycles. The zero-order chi connectivity index (χ0) is 13.1. The molecule has 0 amide bonds. The van der Waals surface area contributed by atoms with Gasteiger partial charge in [0.05, 0.1) is 6.10 Å². The lowest BCUT2D eigenvalue weighted by Crippen LogP contribution is -2.45. The molecule has 19 heavy (non-hydrogen) atoms. The van der Waals surface area contributed by atoms with Gasteiger partial charge in [0, 0.05) is 25.7 Å². The number of nitrogens with zero attached hydrogens (tertiary/aromatic N) is 2. The fourth-order valence-electron chi connectivity index (χ4n) is 3.92. The highest BCUT2D eigenvalue weighted by Gasteiger charge is 2.35. The van der Waals surface area contributed by atoms with Crippen LogP contribution in [0.1, 0.15) is 44.9 Å².